The molecule has 37 heavy (non-hydrogen) atoms. The summed E-state index contributed by atoms with van der Waals surface area (Å²) in [6.45, 7) is 4.19. The molecule has 2 aromatic heterocycles. The number of carbonyl (C=O) groups excluding carboxylic acids is 1. The van der Waals surface area contributed by atoms with E-state index in [9.17, 15) is 4.79 Å². The maximum atomic E-state index is 13.0. The maximum absolute atomic E-state index is 13.0. The number of nitrogens with zero attached hydrogens (tertiary/aromatic N) is 4. The molecule has 0 amide bonds. The number of hydrogen-bond donors (Lipinski definition) is 1. The molecule has 1 N–H and O–H groups in total. The summed E-state index contributed by atoms with van der Waals surface area (Å²) in [5.41, 5.74) is 6.29. The molecule has 184 valence electrons. The second kappa shape index (κ2) is 10.8. The third kappa shape index (κ3) is 5.23. The van der Waals surface area contributed by atoms with Gasteiger partial charge < -0.3 is 9.47 Å². The van der Waals surface area contributed by atoms with E-state index in [2.05, 4.69) is 25.6 Å². The fourth-order valence-electron chi connectivity index (χ4n) is 4.11. The number of rotatable bonds is 8. The lowest BCUT2D eigenvalue weighted by Crippen LogP contribution is -2.11. The number of nitrogens with one attached hydrogen (secondary N) is 1. The maximum Gasteiger partial charge on any atom is 0.344 e. The van der Waals surface area contributed by atoms with Gasteiger partial charge in [-0.05, 0) is 35.8 Å². The van der Waals surface area contributed by atoms with Gasteiger partial charge >= 0.3 is 5.97 Å². The molecule has 5 aromatic rings. The summed E-state index contributed by atoms with van der Waals surface area (Å²) in [5.74, 6) is 0.519. The van der Waals surface area contributed by atoms with Crippen LogP contribution in [0.1, 0.15) is 28.5 Å². The Kier molecular flexibility index (Phi) is 6.98. The standard InChI is InChI=1S/C29H25N5O3/c1-3-36-29(35)26-25(17-19(2)30-27(26)22-9-5-4-6-10-22)37-18-20-13-15-21(16-14-20)23-11-7-8-12-24(23)28-31-33-34-32-28/h4-17H,3,18H2,1-2H3,(H,31,32,33,34). The first kappa shape index (κ1) is 23.9. The Hall–Kier alpha value is -4.85. The molecular formula is C29H25N5O3. The summed E-state index contributed by atoms with van der Waals surface area (Å²) in [6, 6.07) is 27.3. The van der Waals surface area contributed by atoms with Crippen molar-refractivity contribution in [2.24, 2.45) is 0 Å². The predicted molar refractivity (Wildman–Crippen MR) is 140 cm³/mol. The van der Waals surface area contributed by atoms with Crippen LogP contribution < -0.4 is 4.74 Å². The Balaban J connectivity index is 1.42. The molecule has 5 rings (SSSR count). The summed E-state index contributed by atoms with van der Waals surface area (Å²) in [5, 5.41) is 14.4. The average Bonchev–Trinajstić information content (AvgIpc) is 3.47. The molecule has 0 saturated heterocycles. The van der Waals surface area contributed by atoms with Gasteiger partial charge in [0.25, 0.3) is 0 Å². The van der Waals surface area contributed by atoms with Crippen LogP contribution in [0.5, 0.6) is 5.75 Å². The molecule has 0 bridgehead atoms. The Morgan fingerprint density at radius 2 is 1.62 bits per heavy atom. The molecule has 2 heterocycles. The van der Waals surface area contributed by atoms with E-state index in [-0.39, 0.29) is 13.2 Å². The van der Waals surface area contributed by atoms with Crippen LogP contribution in [-0.4, -0.2) is 38.2 Å². The monoisotopic (exact) mass is 491 g/mol. The Labute approximate surface area is 214 Å². The number of carbonyl (C=O) groups is 1. The summed E-state index contributed by atoms with van der Waals surface area (Å²) < 4.78 is 11.5. The predicted octanol–water partition coefficient (Wildman–Crippen LogP) is 5.66. The Morgan fingerprint density at radius 1 is 0.892 bits per heavy atom. The van der Waals surface area contributed by atoms with E-state index in [1.165, 1.54) is 0 Å². The van der Waals surface area contributed by atoms with Gasteiger partial charge in [0.15, 0.2) is 0 Å². The normalized spacial score (nSPS) is 10.8. The van der Waals surface area contributed by atoms with Crippen LogP contribution in [0.3, 0.4) is 0 Å². The number of H-pyrrole nitrogens is 1. The van der Waals surface area contributed by atoms with Crippen LogP contribution >= 0.6 is 0 Å². The number of aromatic amines is 1. The smallest absolute Gasteiger partial charge is 0.344 e. The van der Waals surface area contributed by atoms with Gasteiger partial charge in [-0.15, -0.1) is 10.2 Å². The van der Waals surface area contributed by atoms with E-state index in [1.807, 2.05) is 85.8 Å². The molecule has 0 aliphatic rings. The molecule has 0 aliphatic carbocycles. The highest BCUT2D eigenvalue weighted by Gasteiger charge is 2.22. The number of hydrogen-bond acceptors (Lipinski definition) is 7. The third-order valence-corrected chi connectivity index (χ3v) is 5.81. The highest BCUT2D eigenvalue weighted by molar-refractivity contribution is 5.99. The molecule has 0 fully saturated rings. The van der Waals surface area contributed by atoms with Crippen molar-refractivity contribution in [1.29, 1.82) is 0 Å². The number of ether oxygens (including phenoxy) is 2. The molecule has 8 nitrogen and oxygen atoms in total. The molecule has 0 spiro atoms. The van der Waals surface area contributed by atoms with Crippen molar-refractivity contribution in [2.45, 2.75) is 20.5 Å². The van der Waals surface area contributed by atoms with Gasteiger partial charge in [0, 0.05) is 22.9 Å². The molecule has 0 unspecified atom stereocenters. The summed E-state index contributed by atoms with van der Waals surface area (Å²) >= 11 is 0. The van der Waals surface area contributed by atoms with E-state index in [0.29, 0.717) is 22.8 Å². The van der Waals surface area contributed by atoms with Gasteiger partial charge in [-0.25, -0.2) is 4.79 Å². The lowest BCUT2D eigenvalue weighted by atomic mass is 9.98. The third-order valence-electron chi connectivity index (χ3n) is 5.81. The van der Waals surface area contributed by atoms with Crippen LogP contribution in [0, 0.1) is 6.92 Å². The number of aryl methyl sites for hydroxylation is 1. The van der Waals surface area contributed by atoms with E-state index in [4.69, 9.17) is 9.47 Å². The van der Waals surface area contributed by atoms with Gasteiger partial charge in [0.1, 0.15) is 17.9 Å². The number of aromatic nitrogens is 5. The zero-order valence-electron chi connectivity index (χ0n) is 20.5. The molecule has 3 aromatic carbocycles. The van der Waals surface area contributed by atoms with E-state index < -0.39 is 5.97 Å². The van der Waals surface area contributed by atoms with Gasteiger partial charge in [0.05, 0.1) is 12.3 Å². The van der Waals surface area contributed by atoms with Crippen LogP contribution in [-0.2, 0) is 11.3 Å². The van der Waals surface area contributed by atoms with E-state index in [0.717, 1.165) is 33.5 Å². The second-order valence-electron chi connectivity index (χ2n) is 8.34. The first-order chi connectivity index (χ1) is 18.1. The van der Waals surface area contributed by atoms with Crippen molar-refractivity contribution in [3.8, 4) is 39.5 Å². The topological polar surface area (TPSA) is 103 Å². The number of esters is 1. The SMILES string of the molecule is CCOC(=O)c1c(OCc2ccc(-c3ccccc3-c3nn[nH]n3)cc2)cc(C)nc1-c1ccccc1. The molecule has 0 saturated carbocycles. The van der Waals surface area contributed by atoms with E-state index >= 15 is 0 Å². The van der Waals surface area contributed by atoms with Crippen molar-refractivity contribution in [3.63, 3.8) is 0 Å². The van der Waals surface area contributed by atoms with Crippen molar-refractivity contribution < 1.29 is 14.3 Å². The van der Waals surface area contributed by atoms with Crippen LogP contribution in [0.2, 0.25) is 0 Å². The molecule has 0 atom stereocenters. The van der Waals surface area contributed by atoms with Crippen molar-refractivity contribution in [2.75, 3.05) is 6.61 Å². The minimum Gasteiger partial charge on any atom is -0.488 e. The van der Waals surface area contributed by atoms with Gasteiger partial charge in [-0.3, -0.25) is 4.98 Å². The van der Waals surface area contributed by atoms with E-state index in [1.54, 1.807) is 13.0 Å². The first-order valence-corrected chi connectivity index (χ1v) is 11.9. The van der Waals surface area contributed by atoms with Crippen molar-refractivity contribution in [1.82, 2.24) is 25.6 Å². The zero-order valence-corrected chi connectivity index (χ0v) is 20.5. The van der Waals surface area contributed by atoms with Crippen LogP contribution in [0.15, 0.2) is 84.9 Å². The summed E-state index contributed by atoms with van der Waals surface area (Å²) in [7, 11) is 0. The van der Waals surface area contributed by atoms with Crippen molar-refractivity contribution in [3.05, 3.63) is 102 Å². The molecular weight excluding hydrogens is 466 g/mol. The Morgan fingerprint density at radius 3 is 2.32 bits per heavy atom. The average molecular weight is 492 g/mol. The fraction of sp³-hybridized carbons (Fsp3) is 0.138. The largest absolute Gasteiger partial charge is 0.488 e. The number of pyridine rings is 1. The van der Waals surface area contributed by atoms with Crippen LogP contribution in [0.4, 0.5) is 0 Å². The van der Waals surface area contributed by atoms with Crippen molar-refractivity contribution >= 4 is 5.97 Å². The molecule has 0 aliphatic heterocycles. The Bertz CT molecular complexity index is 1500. The molecule has 8 heteroatoms. The number of tetrazole rings is 1. The highest BCUT2D eigenvalue weighted by Crippen LogP contribution is 2.32. The second-order valence-corrected chi connectivity index (χ2v) is 8.34. The van der Waals surface area contributed by atoms with Gasteiger partial charge in [0.2, 0.25) is 5.82 Å². The van der Waals surface area contributed by atoms with Crippen LogP contribution in [0.25, 0.3) is 33.8 Å². The minimum atomic E-state index is -0.461. The lowest BCUT2D eigenvalue weighted by Gasteiger charge is -2.16. The number of benzene rings is 3. The molecule has 0 radical (unpaired) electrons. The fourth-order valence-corrected chi connectivity index (χ4v) is 4.11. The zero-order chi connectivity index (χ0) is 25.6. The quantitative estimate of drug-likeness (QED) is 0.279. The first-order valence-electron chi connectivity index (χ1n) is 11.9. The van der Waals surface area contributed by atoms with Gasteiger partial charge in [-0.2, -0.15) is 5.21 Å². The minimum absolute atomic E-state index is 0.257. The van der Waals surface area contributed by atoms with Gasteiger partial charge in [-0.1, -0.05) is 78.9 Å². The summed E-state index contributed by atoms with van der Waals surface area (Å²) in [4.78, 5) is 17.6. The summed E-state index contributed by atoms with van der Waals surface area (Å²) in [6.07, 6.45) is 0. The lowest BCUT2D eigenvalue weighted by molar-refractivity contribution is 0.0521. The highest BCUT2D eigenvalue weighted by atomic mass is 16.5.